The third-order valence-corrected chi connectivity index (χ3v) is 7.07. The van der Waals surface area contributed by atoms with Crippen molar-refractivity contribution >= 4 is 34.1 Å². The fraction of sp³-hybridized carbons (Fsp3) is 0.571. The second kappa shape index (κ2) is 6.15. The van der Waals surface area contributed by atoms with E-state index in [0.717, 1.165) is 51.6 Å². The van der Waals surface area contributed by atoms with Crippen molar-refractivity contribution in [3.8, 4) is 0 Å². The van der Waals surface area contributed by atoms with Gasteiger partial charge in [-0.3, -0.25) is 0 Å². The van der Waals surface area contributed by atoms with Gasteiger partial charge in [0, 0.05) is 18.3 Å². The van der Waals surface area contributed by atoms with Gasteiger partial charge in [0.2, 0.25) is 0 Å². The van der Waals surface area contributed by atoms with Crippen LogP contribution in [0.15, 0.2) is 18.2 Å². The van der Waals surface area contributed by atoms with E-state index in [1.54, 1.807) is 0 Å². The number of nitrogens with zero attached hydrogens (tertiary/aromatic N) is 3. The molecule has 1 N–H and O–H groups in total. The maximum Gasteiger partial charge on any atom is 0.173 e. The van der Waals surface area contributed by atoms with Crippen LogP contribution in [0, 0.1) is 31.1 Å². The van der Waals surface area contributed by atoms with Crippen molar-refractivity contribution in [1.29, 1.82) is 0 Å². The van der Waals surface area contributed by atoms with Gasteiger partial charge in [-0.05, 0) is 74.4 Å². The monoisotopic (exact) mass is 368 g/mol. The largest absolute Gasteiger partial charge is 0.346 e. The fourth-order valence-corrected chi connectivity index (χ4v) is 5.03. The number of rotatable bonds is 1. The maximum atomic E-state index is 5.78. The Hall–Kier alpha value is -1.75. The molecule has 3 atom stereocenters. The molecule has 1 saturated heterocycles. The van der Waals surface area contributed by atoms with E-state index in [-0.39, 0.29) is 0 Å². The van der Waals surface area contributed by atoms with Crippen LogP contribution in [-0.4, -0.2) is 32.6 Å². The molecule has 1 aromatic heterocycles. The fourth-order valence-electron chi connectivity index (χ4n) is 4.69. The molecule has 4 nitrogen and oxygen atoms in total. The summed E-state index contributed by atoms with van der Waals surface area (Å²) in [5.41, 5.74) is 5.18. The second-order valence-electron chi connectivity index (χ2n) is 8.81. The molecule has 1 aliphatic heterocycles. The molecule has 2 bridgehead atoms. The van der Waals surface area contributed by atoms with E-state index in [9.17, 15) is 0 Å². The van der Waals surface area contributed by atoms with Gasteiger partial charge in [-0.25, -0.2) is 9.97 Å². The second-order valence-corrected chi connectivity index (χ2v) is 9.20. The molecule has 0 amide bonds. The number of thiocarbonyl (C=S) groups is 1. The average Bonchev–Trinajstić information content (AvgIpc) is 2.94. The molecule has 26 heavy (non-hydrogen) atoms. The number of aromatic nitrogens is 2. The molecule has 2 aromatic rings. The number of likely N-dealkylation sites (tertiary alicyclic amines) is 1. The summed E-state index contributed by atoms with van der Waals surface area (Å²) in [6.07, 6.45) is 2.49. The van der Waals surface area contributed by atoms with Gasteiger partial charge in [-0.1, -0.05) is 20.8 Å². The number of hydrogen-bond acceptors (Lipinski definition) is 3. The minimum atomic E-state index is 0.395. The number of hydrogen-bond donors (Lipinski definition) is 1. The highest BCUT2D eigenvalue weighted by Gasteiger charge is 2.48. The van der Waals surface area contributed by atoms with Crippen LogP contribution < -0.4 is 5.32 Å². The first-order valence-corrected chi connectivity index (χ1v) is 9.98. The molecule has 138 valence electrons. The van der Waals surface area contributed by atoms with E-state index in [2.05, 4.69) is 47.0 Å². The summed E-state index contributed by atoms with van der Waals surface area (Å²) < 4.78 is 0. The number of aryl methyl sites for hydroxylation is 2. The van der Waals surface area contributed by atoms with Crippen LogP contribution in [0.4, 0.5) is 5.69 Å². The number of anilines is 1. The summed E-state index contributed by atoms with van der Waals surface area (Å²) in [4.78, 5) is 11.7. The molecule has 1 saturated carbocycles. The Morgan fingerprint density at radius 2 is 1.88 bits per heavy atom. The lowest BCUT2D eigenvalue weighted by Crippen LogP contribution is -2.41. The zero-order valence-electron chi connectivity index (χ0n) is 16.3. The highest BCUT2D eigenvalue weighted by atomic mass is 32.1. The van der Waals surface area contributed by atoms with Gasteiger partial charge in [0.15, 0.2) is 5.11 Å². The van der Waals surface area contributed by atoms with Crippen molar-refractivity contribution in [3.63, 3.8) is 0 Å². The number of nitrogens with one attached hydrogen (secondary N) is 1. The molecule has 2 heterocycles. The summed E-state index contributed by atoms with van der Waals surface area (Å²) in [5, 5.41) is 4.30. The highest BCUT2D eigenvalue weighted by molar-refractivity contribution is 7.80. The zero-order valence-corrected chi connectivity index (χ0v) is 17.2. The Balaban J connectivity index is 1.54. The smallest absolute Gasteiger partial charge is 0.173 e. The summed E-state index contributed by atoms with van der Waals surface area (Å²) in [7, 11) is 0. The lowest BCUT2D eigenvalue weighted by atomic mass is 9.65. The summed E-state index contributed by atoms with van der Waals surface area (Å²) >= 11 is 5.78. The lowest BCUT2D eigenvalue weighted by Gasteiger charge is -2.41. The van der Waals surface area contributed by atoms with Crippen molar-refractivity contribution in [2.45, 2.75) is 53.5 Å². The first kappa shape index (κ1) is 17.7. The summed E-state index contributed by atoms with van der Waals surface area (Å²) in [6.45, 7) is 12.3. The average molecular weight is 369 g/mol. The maximum absolute atomic E-state index is 5.78. The lowest BCUT2D eigenvalue weighted by molar-refractivity contribution is 0.107. The van der Waals surface area contributed by atoms with Gasteiger partial charge in [-0.15, -0.1) is 0 Å². The van der Waals surface area contributed by atoms with Crippen molar-refractivity contribution in [2.75, 3.05) is 11.9 Å². The normalized spacial score (nSPS) is 27.0. The van der Waals surface area contributed by atoms with Gasteiger partial charge in [0.1, 0.15) is 0 Å². The van der Waals surface area contributed by atoms with Crippen LogP contribution in [0.3, 0.4) is 0 Å². The first-order chi connectivity index (χ1) is 12.2. The van der Waals surface area contributed by atoms with E-state index >= 15 is 0 Å². The minimum absolute atomic E-state index is 0.395. The van der Waals surface area contributed by atoms with E-state index in [1.807, 2.05) is 26.0 Å². The van der Waals surface area contributed by atoms with E-state index < -0.39 is 0 Å². The van der Waals surface area contributed by atoms with Crippen LogP contribution in [0.25, 0.3) is 11.0 Å². The Kier molecular flexibility index (Phi) is 4.18. The predicted molar refractivity (Wildman–Crippen MR) is 111 cm³/mol. The molecule has 5 heteroatoms. The van der Waals surface area contributed by atoms with Crippen LogP contribution in [0.2, 0.25) is 0 Å². The Labute approximate surface area is 161 Å². The molecule has 1 aromatic carbocycles. The predicted octanol–water partition coefficient (Wildman–Crippen LogP) is 4.70. The van der Waals surface area contributed by atoms with Gasteiger partial charge in [0.05, 0.1) is 22.4 Å². The van der Waals surface area contributed by atoms with Gasteiger partial charge in [0.25, 0.3) is 0 Å². The third-order valence-electron chi connectivity index (χ3n) is 6.74. The van der Waals surface area contributed by atoms with Crippen molar-refractivity contribution < 1.29 is 0 Å². The molecule has 0 unspecified atom stereocenters. The molecule has 2 fully saturated rings. The van der Waals surface area contributed by atoms with Crippen molar-refractivity contribution in [2.24, 2.45) is 17.3 Å². The quantitative estimate of drug-likeness (QED) is 0.739. The number of fused-ring (bicyclic) bond motifs is 3. The Bertz CT molecular complexity index is 876. The van der Waals surface area contributed by atoms with Gasteiger partial charge >= 0.3 is 0 Å². The molecule has 0 spiro atoms. The zero-order chi connectivity index (χ0) is 18.6. The van der Waals surface area contributed by atoms with Crippen LogP contribution in [0.1, 0.15) is 45.0 Å². The van der Waals surface area contributed by atoms with Gasteiger partial charge in [-0.2, -0.15) is 0 Å². The van der Waals surface area contributed by atoms with E-state index in [4.69, 9.17) is 12.2 Å². The molecule has 0 radical (unpaired) electrons. The SMILES string of the molecule is Cc1nc2ccc(NC(=S)N3C[C@H]4C[C@H]3CC(C)(C)[C@@H]4C)cc2nc1C. The van der Waals surface area contributed by atoms with Crippen LogP contribution in [-0.2, 0) is 0 Å². The molecular weight excluding hydrogens is 340 g/mol. The number of benzene rings is 1. The van der Waals surface area contributed by atoms with E-state index in [0.29, 0.717) is 11.5 Å². The van der Waals surface area contributed by atoms with Crippen LogP contribution >= 0.6 is 12.2 Å². The Morgan fingerprint density at radius 1 is 1.19 bits per heavy atom. The summed E-state index contributed by atoms with van der Waals surface area (Å²) in [6, 6.07) is 6.69. The molecule has 4 rings (SSSR count). The Morgan fingerprint density at radius 3 is 2.62 bits per heavy atom. The third kappa shape index (κ3) is 2.96. The van der Waals surface area contributed by atoms with Crippen molar-refractivity contribution in [1.82, 2.24) is 14.9 Å². The molecule has 1 aliphatic carbocycles. The first-order valence-electron chi connectivity index (χ1n) is 9.57. The highest BCUT2D eigenvalue weighted by Crippen LogP contribution is 2.49. The van der Waals surface area contributed by atoms with E-state index in [1.165, 1.54) is 12.8 Å². The van der Waals surface area contributed by atoms with Gasteiger partial charge < -0.3 is 10.2 Å². The molecule has 2 aliphatic rings. The standard InChI is InChI=1S/C21H28N4S/c1-12-15-8-17(10-21(12,4)5)25(11-15)20(26)24-16-6-7-18-19(9-16)23-14(3)13(2)22-18/h6-7,9,12,15,17H,8,10-11H2,1-5H3,(H,24,26)/t12-,15-,17+/m1/s1. The van der Waals surface area contributed by atoms with Crippen LogP contribution in [0.5, 0.6) is 0 Å². The minimum Gasteiger partial charge on any atom is -0.346 e. The van der Waals surface area contributed by atoms with Crippen molar-refractivity contribution in [3.05, 3.63) is 29.6 Å². The topological polar surface area (TPSA) is 41.1 Å². The summed E-state index contributed by atoms with van der Waals surface area (Å²) in [5.74, 6) is 1.49. The molecular formula is C21H28N4S.